The van der Waals surface area contributed by atoms with E-state index < -0.39 is 0 Å². The van der Waals surface area contributed by atoms with Gasteiger partial charge in [0.2, 0.25) is 0 Å². The maximum absolute atomic E-state index is 12.2. The molecule has 4 aromatic rings. The van der Waals surface area contributed by atoms with Crippen molar-refractivity contribution in [3.63, 3.8) is 0 Å². The average molecular weight is 477 g/mol. The van der Waals surface area contributed by atoms with E-state index in [2.05, 4.69) is 20.3 Å². The van der Waals surface area contributed by atoms with Crippen molar-refractivity contribution in [3.05, 3.63) is 66.4 Å². The first-order valence-corrected chi connectivity index (χ1v) is 11.2. The topological polar surface area (TPSA) is 108 Å². The first-order valence-electron chi connectivity index (χ1n) is 11.2. The third-order valence-electron chi connectivity index (χ3n) is 5.09. The molecule has 35 heavy (non-hydrogen) atoms. The van der Waals surface area contributed by atoms with Crippen LogP contribution in [-0.4, -0.2) is 60.9 Å². The molecule has 0 fully saturated rings. The van der Waals surface area contributed by atoms with E-state index in [1.807, 2.05) is 37.3 Å². The second kappa shape index (κ2) is 11.5. The lowest BCUT2D eigenvalue weighted by atomic mass is 10.1. The largest absolute Gasteiger partial charge is 0.488 e. The van der Waals surface area contributed by atoms with Gasteiger partial charge in [-0.1, -0.05) is 0 Å². The van der Waals surface area contributed by atoms with Gasteiger partial charge in [-0.25, -0.2) is 9.97 Å². The van der Waals surface area contributed by atoms with Crippen molar-refractivity contribution >= 4 is 17.1 Å². The number of H-pyrrole nitrogens is 1. The lowest BCUT2D eigenvalue weighted by molar-refractivity contribution is 0.0920. The molecule has 0 unspecified atom stereocenters. The lowest BCUT2D eigenvalue weighted by Gasteiger charge is -2.16. The summed E-state index contributed by atoms with van der Waals surface area (Å²) in [6, 6.07) is 16.2. The zero-order valence-electron chi connectivity index (χ0n) is 19.9. The summed E-state index contributed by atoms with van der Waals surface area (Å²) in [6.45, 7) is 3.28. The predicted octanol–water partition coefficient (Wildman–Crippen LogP) is 4.21. The summed E-state index contributed by atoms with van der Waals surface area (Å²) in [5, 5.41) is 2.79. The number of amides is 1. The molecule has 1 amide bonds. The van der Waals surface area contributed by atoms with E-state index in [-0.39, 0.29) is 12.0 Å². The number of nitrogens with zero attached hydrogens (tertiary/aromatic N) is 2. The van der Waals surface area contributed by atoms with E-state index in [1.54, 1.807) is 44.7 Å². The molecule has 0 aliphatic rings. The summed E-state index contributed by atoms with van der Waals surface area (Å²) in [5.74, 6) is 2.24. The van der Waals surface area contributed by atoms with Crippen LogP contribution >= 0.6 is 0 Å². The van der Waals surface area contributed by atoms with Gasteiger partial charge >= 0.3 is 0 Å². The standard InChI is InChI=1S/C26H28N4O5/c1-17(16-33-3)34-21-13-19(24-29-23-5-4-10-27-25(23)30-24)14-22(15-21)35-20-8-6-18(7-9-20)26(31)28-11-12-32-2/h4-10,13-15,17H,11-12,16H2,1-3H3,(H,28,31)(H,27,29,30)/t17-/m0/s1. The number of aromatic nitrogens is 3. The Morgan fingerprint density at radius 2 is 1.83 bits per heavy atom. The summed E-state index contributed by atoms with van der Waals surface area (Å²) in [4.78, 5) is 24.4. The van der Waals surface area contributed by atoms with E-state index in [1.165, 1.54) is 0 Å². The number of imidazole rings is 1. The monoisotopic (exact) mass is 476 g/mol. The zero-order valence-corrected chi connectivity index (χ0v) is 19.9. The Hall–Kier alpha value is -3.95. The molecule has 0 radical (unpaired) electrons. The summed E-state index contributed by atoms with van der Waals surface area (Å²) in [7, 11) is 3.22. The van der Waals surface area contributed by atoms with Gasteiger partial charge in [0.25, 0.3) is 5.91 Å². The van der Waals surface area contributed by atoms with Crippen molar-refractivity contribution in [2.24, 2.45) is 0 Å². The molecule has 0 spiro atoms. The Balaban J connectivity index is 1.58. The van der Waals surface area contributed by atoms with Crippen molar-refractivity contribution in [2.45, 2.75) is 13.0 Å². The molecule has 4 rings (SSSR count). The third kappa shape index (κ3) is 6.34. The number of hydrogen-bond acceptors (Lipinski definition) is 7. The number of carbonyl (C=O) groups is 1. The SMILES string of the molecule is COCCNC(=O)c1ccc(Oc2cc(O[C@@H](C)COC)cc(-c3nc4cccnc4[nH]3)c2)cc1. The van der Waals surface area contributed by atoms with Gasteiger partial charge in [-0.05, 0) is 55.5 Å². The van der Waals surface area contributed by atoms with Crippen molar-refractivity contribution in [2.75, 3.05) is 34.0 Å². The predicted molar refractivity (Wildman–Crippen MR) is 132 cm³/mol. The van der Waals surface area contributed by atoms with E-state index in [0.29, 0.717) is 54.0 Å². The molecule has 9 heteroatoms. The number of hydrogen-bond donors (Lipinski definition) is 2. The molecule has 1 atom stereocenters. The van der Waals surface area contributed by atoms with Gasteiger partial charge in [0.05, 0.1) is 13.2 Å². The third-order valence-corrected chi connectivity index (χ3v) is 5.09. The minimum atomic E-state index is -0.170. The van der Waals surface area contributed by atoms with E-state index in [0.717, 1.165) is 11.1 Å². The van der Waals surface area contributed by atoms with Gasteiger partial charge in [0, 0.05) is 44.2 Å². The van der Waals surface area contributed by atoms with Crippen LogP contribution in [0.2, 0.25) is 0 Å². The van der Waals surface area contributed by atoms with Crippen molar-refractivity contribution < 1.29 is 23.7 Å². The molecule has 2 aromatic heterocycles. The molecule has 9 nitrogen and oxygen atoms in total. The van der Waals surface area contributed by atoms with Crippen LogP contribution in [0.15, 0.2) is 60.8 Å². The fourth-order valence-electron chi connectivity index (χ4n) is 3.50. The van der Waals surface area contributed by atoms with Gasteiger partial charge in [-0.15, -0.1) is 0 Å². The number of methoxy groups -OCH3 is 2. The van der Waals surface area contributed by atoms with Gasteiger partial charge in [-0.3, -0.25) is 4.79 Å². The van der Waals surface area contributed by atoms with Crippen LogP contribution in [0, 0.1) is 0 Å². The highest BCUT2D eigenvalue weighted by Gasteiger charge is 2.13. The molecule has 0 aliphatic heterocycles. The zero-order chi connectivity index (χ0) is 24.6. The van der Waals surface area contributed by atoms with Crippen molar-refractivity contribution in [3.8, 4) is 28.6 Å². The number of carbonyl (C=O) groups excluding carboxylic acids is 1. The van der Waals surface area contributed by atoms with E-state index in [9.17, 15) is 4.79 Å². The Labute approximate surface area is 203 Å². The second-order valence-corrected chi connectivity index (χ2v) is 7.91. The highest BCUT2D eigenvalue weighted by molar-refractivity contribution is 5.94. The molecule has 0 bridgehead atoms. The smallest absolute Gasteiger partial charge is 0.251 e. The van der Waals surface area contributed by atoms with Gasteiger partial charge in [-0.2, -0.15) is 0 Å². The number of pyridine rings is 1. The van der Waals surface area contributed by atoms with Crippen LogP contribution in [0.25, 0.3) is 22.6 Å². The van der Waals surface area contributed by atoms with Crippen LogP contribution in [0.5, 0.6) is 17.2 Å². The molecule has 2 N–H and O–H groups in total. The number of aromatic amines is 1. The van der Waals surface area contributed by atoms with Crippen LogP contribution < -0.4 is 14.8 Å². The first kappa shape index (κ1) is 24.2. The molecule has 2 heterocycles. The van der Waals surface area contributed by atoms with Gasteiger partial charge < -0.3 is 29.2 Å². The summed E-state index contributed by atoms with van der Waals surface area (Å²) < 4.78 is 22.3. The number of ether oxygens (including phenoxy) is 4. The molecular weight excluding hydrogens is 448 g/mol. The quantitative estimate of drug-likeness (QED) is 0.312. The minimum Gasteiger partial charge on any atom is -0.488 e. The molecule has 0 aliphatic carbocycles. The fourth-order valence-corrected chi connectivity index (χ4v) is 3.50. The summed E-state index contributed by atoms with van der Waals surface area (Å²) >= 11 is 0. The van der Waals surface area contributed by atoms with Gasteiger partial charge in [0.1, 0.15) is 34.7 Å². The van der Waals surface area contributed by atoms with Crippen LogP contribution in [0.4, 0.5) is 0 Å². The van der Waals surface area contributed by atoms with Crippen LogP contribution in [-0.2, 0) is 9.47 Å². The molecule has 0 saturated heterocycles. The number of fused-ring (bicyclic) bond motifs is 1. The lowest BCUT2D eigenvalue weighted by Crippen LogP contribution is -2.26. The van der Waals surface area contributed by atoms with Crippen molar-refractivity contribution in [1.29, 1.82) is 0 Å². The van der Waals surface area contributed by atoms with E-state index in [4.69, 9.17) is 18.9 Å². The Morgan fingerprint density at radius 1 is 1.03 bits per heavy atom. The Bertz CT molecular complexity index is 1240. The molecule has 0 saturated carbocycles. The number of nitrogens with one attached hydrogen (secondary N) is 2. The van der Waals surface area contributed by atoms with Crippen molar-refractivity contribution in [1.82, 2.24) is 20.3 Å². The molecular formula is C26H28N4O5. The summed E-state index contributed by atoms with van der Waals surface area (Å²) in [6.07, 6.45) is 1.56. The number of rotatable bonds is 11. The maximum Gasteiger partial charge on any atom is 0.251 e. The first-order chi connectivity index (χ1) is 17.1. The Kier molecular flexibility index (Phi) is 7.92. The highest BCUT2D eigenvalue weighted by atomic mass is 16.5. The van der Waals surface area contributed by atoms with Crippen LogP contribution in [0.3, 0.4) is 0 Å². The molecule has 2 aromatic carbocycles. The fraction of sp³-hybridized carbons (Fsp3) is 0.269. The van der Waals surface area contributed by atoms with Gasteiger partial charge in [0.15, 0.2) is 5.65 Å². The van der Waals surface area contributed by atoms with E-state index >= 15 is 0 Å². The average Bonchev–Trinajstić information content (AvgIpc) is 3.29. The minimum absolute atomic E-state index is 0.156. The second-order valence-electron chi connectivity index (χ2n) is 7.91. The Morgan fingerprint density at radius 3 is 2.57 bits per heavy atom. The van der Waals surface area contributed by atoms with Crippen LogP contribution in [0.1, 0.15) is 17.3 Å². The number of benzene rings is 2. The maximum atomic E-state index is 12.2. The summed E-state index contributed by atoms with van der Waals surface area (Å²) in [5.41, 5.74) is 2.79. The highest BCUT2D eigenvalue weighted by Crippen LogP contribution is 2.32. The molecule has 182 valence electrons. The normalized spacial score (nSPS) is 11.9.